The molecule has 1 aromatic heterocycles. The lowest BCUT2D eigenvalue weighted by molar-refractivity contribution is -0.127. The fraction of sp³-hybridized carbons (Fsp3) is 0.238. The van der Waals surface area contributed by atoms with Crippen LogP contribution in [-0.4, -0.2) is 28.7 Å². The van der Waals surface area contributed by atoms with Crippen LogP contribution in [-0.2, 0) is 18.3 Å². The molecule has 0 aliphatic carbocycles. The number of amides is 1. The summed E-state index contributed by atoms with van der Waals surface area (Å²) < 4.78 is 13.1. The number of benzene rings is 2. The minimum atomic E-state index is -0.546. The maximum atomic E-state index is 13.0. The third-order valence-corrected chi connectivity index (χ3v) is 4.77. The van der Waals surface area contributed by atoms with E-state index in [1.807, 2.05) is 66.3 Å². The molecule has 2 unspecified atom stereocenters. The van der Waals surface area contributed by atoms with Gasteiger partial charge < -0.3 is 19.4 Å². The van der Waals surface area contributed by atoms with Crippen LogP contribution in [0.5, 0.6) is 11.5 Å². The third kappa shape index (κ3) is 3.38. The number of aryl methyl sites for hydroxylation is 1. The van der Waals surface area contributed by atoms with Gasteiger partial charge in [-0.2, -0.15) is 0 Å². The molecule has 0 saturated heterocycles. The SMILES string of the molecule is COc1cccc(C(NC(=O)C2Cc3ccccc3O2)c2nccn2C)c1. The van der Waals surface area contributed by atoms with E-state index < -0.39 is 12.1 Å². The van der Waals surface area contributed by atoms with E-state index in [0.717, 1.165) is 28.5 Å². The number of aromatic nitrogens is 2. The molecule has 1 aliphatic rings. The van der Waals surface area contributed by atoms with Crippen molar-refractivity contribution in [3.05, 3.63) is 77.9 Å². The van der Waals surface area contributed by atoms with Crippen LogP contribution in [0.3, 0.4) is 0 Å². The molecule has 1 aliphatic heterocycles. The Labute approximate surface area is 157 Å². The minimum absolute atomic E-state index is 0.165. The van der Waals surface area contributed by atoms with Gasteiger partial charge in [0, 0.05) is 25.9 Å². The standard InChI is InChI=1S/C21H21N3O3/c1-24-11-10-22-20(24)19(15-7-5-8-16(12-15)26-2)23-21(25)18-13-14-6-3-4-9-17(14)27-18/h3-12,18-19H,13H2,1-2H3,(H,23,25). The quantitative estimate of drug-likeness (QED) is 0.757. The Morgan fingerprint density at radius 1 is 1.30 bits per heavy atom. The van der Waals surface area contributed by atoms with Crippen molar-refractivity contribution in [2.24, 2.45) is 7.05 Å². The molecular weight excluding hydrogens is 342 g/mol. The number of hydrogen-bond acceptors (Lipinski definition) is 4. The van der Waals surface area contributed by atoms with E-state index in [1.165, 1.54) is 0 Å². The molecular formula is C21H21N3O3. The van der Waals surface area contributed by atoms with Crippen LogP contribution in [0.2, 0.25) is 0 Å². The molecule has 0 bridgehead atoms. The number of carbonyl (C=O) groups excluding carboxylic acids is 1. The minimum Gasteiger partial charge on any atom is -0.497 e. The second-order valence-corrected chi connectivity index (χ2v) is 6.53. The Bertz CT molecular complexity index is 942. The average molecular weight is 363 g/mol. The van der Waals surface area contributed by atoms with Gasteiger partial charge in [-0.3, -0.25) is 4.79 Å². The maximum absolute atomic E-state index is 13.0. The first-order valence-electron chi connectivity index (χ1n) is 8.82. The summed E-state index contributed by atoms with van der Waals surface area (Å²) in [6.45, 7) is 0. The molecule has 0 spiro atoms. The molecule has 3 aromatic rings. The van der Waals surface area contributed by atoms with Crippen LogP contribution in [0.25, 0.3) is 0 Å². The van der Waals surface area contributed by atoms with Crippen molar-refractivity contribution in [2.75, 3.05) is 7.11 Å². The van der Waals surface area contributed by atoms with Crippen LogP contribution in [0, 0.1) is 0 Å². The van der Waals surface area contributed by atoms with Crippen LogP contribution in [0.4, 0.5) is 0 Å². The number of nitrogens with zero attached hydrogens (tertiary/aromatic N) is 2. The molecule has 0 radical (unpaired) electrons. The van der Waals surface area contributed by atoms with Gasteiger partial charge in [-0.1, -0.05) is 30.3 Å². The van der Waals surface area contributed by atoms with Gasteiger partial charge in [0.25, 0.3) is 5.91 Å². The van der Waals surface area contributed by atoms with Gasteiger partial charge in [0.2, 0.25) is 0 Å². The number of carbonyl (C=O) groups is 1. The largest absolute Gasteiger partial charge is 0.497 e. The number of rotatable bonds is 5. The third-order valence-electron chi connectivity index (χ3n) is 4.77. The number of hydrogen-bond donors (Lipinski definition) is 1. The fourth-order valence-electron chi connectivity index (χ4n) is 3.34. The van der Waals surface area contributed by atoms with E-state index in [1.54, 1.807) is 13.3 Å². The number of imidazole rings is 1. The lowest BCUT2D eigenvalue weighted by Gasteiger charge is -2.21. The van der Waals surface area contributed by atoms with Gasteiger partial charge in [-0.05, 0) is 29.3 Å². The van der Waals surface area contributed by atoms with Crippen molar-refractivity contribution < 1.29 is 14.3 Å². The zero-order chi connectivity index (χ0) is 18.8. The van der Waals surface area contributed by atoms with E-state index in [0.29, 0.717) is 6.42 Å². The van der Waals surface area contributed by atoms with Gasteiger partial charge in [0.15, 0.2) is 6.10 Å². The monoisotopic (exact) mass is 363 g/mol. The molecule has 1 amide bonds. The summed E-state index contributed by atoms with van der Waals surface area (Å²) in [5.74, 6) is 2.08. The Hall–Kier alpha value is -3.28. The summed E-state index contributed by atoms with van der Waals surface area (Å²) in [4.78, 5) is 17.4. The molecule has 2 aromatic carbocycles. The van der Waals surface area contributed by atoms with E-state index >= 15 is 0 Å². The number of para-hydroxylation sites is 1. The Morgan fingerprint density at radius 2 is 2.15 bits per heavy atom. The van der Waals surface area contributed by atoms with E-state index in [-0.39, 0.29) is 5.91 Å². The second kappa shape index (κ2) is 7.15. The molecule has 6 heteroatoms. The summed E-state index contributed by atoms with van der Waals surface area (Å²) in [5, 5.41) is 3.10. The van der Waals surface area contributed by atoms with Crippen molar-refractivity contribution >= 4 is 5.91 Å². The number of fused-ring (bicyclic) bond motifs is 1. The smallest absolute Gasteiger partial charge is 0.262 e. The number of methoxy groups -OCH3 is 1. The molecule has 138 valence electrons. The number of nitrogens with one attached hydrogen (secondary N) is 1. The lowest BCUT2D eigenvalue weighted by Crippen LogP contribution is -2.40. The van der Waals surface area contributed by atoms with Gasteiger partial charge in [-0.25, -0.2) is 4.98 Å². The molecule has 27 heavy (non-hydrogen) atoms. The van der Waals surface area contributed by atoms with Crippen molar-refractivity contribution in [1.82, 2.24) is 14.9 Å². The zero-order valence-electron chi connectivity index (χ0n) is 15.3. The van der Waals surface area contributed by atoms with E-state index in [4.69, 9.17) is 9.47 Å². The normalized spacial score (nSPS) is 16.3. The Kier molecular flexibility index (Phi) is 4.54. The highest BCUT2D eigenvalue weighted by Gasteiger charge is 2.31. The first-order chi connectivity index (χ1) is 13.2. The second-order valence-electron chi connectivity index (χ2n) is 6.53. The molecule has 0 fully saturated rings. The maximum Gasteiger partial charge on any atom is 0.262 e. The predicted molar refractivity (Wildman–Crippen MR) is 101 cm³/mol. The van der Waals surface area contributed by atoms with Crippen molar-refractivity contribution in [1.29, 1.82) is 0 Å². The summed E-state index contributed by atoms with van der Waals surface area (Å²) >= 11 is 0. The Morgan fingerprint density at radius 3 is 2.89 bits per heavy atom. The van der Waals surface area contributed by atoms with Gasteiger partial charge in [0.1, 0.15) is 23.4 Å². The highest BCUT2D eigenvalue weighted by atomic mass is 16.5. The summed E-state index contributed by atoms with van der Waals surface area (Å²) in [7, 11) is 3.53. The zero-order valence-corrected chi connectivity index (χ0v) is 15.3. The molecule has 6 nitrogen and oxygen atoms in total. The van der Waals surface area contributed by atoms with Crippen molar-refractivity contribution in [3.63, 3.8) is 0 Å². The molecule has 0 saturated carbocycles. The van der Waals surface area contributed by atoms with Crippen molar-refractivity contribution in [2.45, 2.75) is 18.6 Å². The van der Waals surface area contributed by atoms with Crippen LogP contribution >= 0.6 is 0 Å². The first kappa shape index (κ1) is 17.1. The van der Waals surface area contributed by atoms with E-state index in [2.05, 4.69) is 10.3 Å². The highest BCUT2D eigenvalue weighted by molar-refractivity contribution is 5.83. The highest BCUT2D eigenvalue weighted by Crippen LogP contribution is 2.29. The van der Waals surface area contributed by atoms with Crippen LogP contribution in [0.15, 0.2) is 60.9 Å². The lowest BCUT2D eigenvalue weighted by atomic mass is 10.0. The predicted octanol–water partition coefficient (Wildman–Crippen LogP) is 2.64. The molecule has 2 heterocycles. The Balaban J connectivity index is 1.60. The first-order valence-corrected chi connectivity index (χ1v) is 8.82. The summed E-state index contributed by atoms with van der Waals surface area (Å²) in [5.41, 5.74) is 1.94. The molecule has 4 rings (SSSR count). The average Bonchev–Trinajstić information content (AvgIpc) is 3.32. The fourth-order valence-corrected chi connectivity index (χ4v) is 3.34. The van der Waals surface area contributed by atoms with E-state index in [9.17, 15) is 4.79 Å². The van der Waals surface area contributed by atoms with Crippen molar-refractivity contribution in [3.8, 4) is 11.5 Å². The van der Waals surface area contributed by atoms with Gasteiger partial charge >= 0.3 is 0 Å². The van der Waals surface area contributed by atoms with Crippen LogP contribution < -0.4 is 14.8 Å². The van der Waals surface area contributed by atoms with Gasteiger partial charge in [0.05, 0.1) is 7.11 Å². The number of ether oxygens (including phenoxy) is 2. The van der Waals surface area contributed by atoms with Crippen LogP contribution in [0.1, 0.15) is 23.0 Å². The topological polar surface area (TPSA) is 65.4 Å². The van der Waals surface area contributed by atoms with Gasteiger partial charge in [-0.15, -0.1) is 0 Å². The molecule has 1 N–H and O–H groups in total. The molecule has 2 atom stereocenters. The summed E-state index contributed by atoms with van der Waals surface area (Å²) in [6.07, 6.45) is 3.59. The summed E-state index contributed by atoms with van der Waals surface area (Å²) in [6, 6.07) is 15.0.